The Kier molecular flexibility index (Phi) is 3.36. The van der Waals surface area contributed by atoms with Gasteiger partial charge in [-0.3, -0.25) is 0 Å². The first kappa shape index (κ1) is 12.6. The minimum absolute atomic E-state index is 0. The summed E-state index contributed by atoms with van der Waals surface area (Å²) < 4.78 is 0. The van der Waals surface area contributed by atoms with Crippen LogP contribution in [-0.4, -0.2) is 21.0 Å². The second-order valence-electron chi connectivity index (χ2n) is 3.60. The number of fused-ring (bicyclic) bond motifs is 1. The second-order valence-corrected chi connectivity index (χ2v) is 4.55. The van der Waals surface area contributed by atoms with E-state index in [2.05, 4.69) is 9.97 Å². The van der Waals surface area contributed by atoms with E-state index in [4.69, 9.17) is 5.11 Å². The molecule has 0 spiro atoms. The number of hydrogen-bond acceptors (Lipinski definition) is 3. The molecule has 0 aliphatic carbocycles. The summed E-state index contributed by atoms with van der Waals surface area (Å²) in [6.45, 7) is 0. The van der Waals surface area contributed by atoms with Gasteiger partial charge in [-0.05, 0) is 29.6 Å². The lowest BCUT2D eigenvalue weighted by molar-refractivity contribution is -0.0000189. The fourth-order valence-corrected chi connectivity index (χ4v) is 2.34. The molecule has 0 saturated carbocycles. The Bertz CT molecular complexity index is 691. The van der Waals surface area contributed by atoms with Gasteiger partial charge in [0.05, 0.1) is 21.5 Å². The quantitative estimate of drug-likeness (QED) is 0.694. The van der Waals surface area contributed by atoms with Crippen LogP contribution in [0, 0.1) is 0 Å². The van der Waals surface area contributed by atoms with Crippen molar-refractivity contribution in [2.75, 3.05) is 0 Å². The fraction of sp³-hybridized carbons (Fsp3) is 0. The highest BCUT2D eigenvalue weighted by Gasteiger charge is 2.08. The average molecular weight is 280 g/mol. The van der Waals surface area contributed by atoms with Crippen LogP contribution in [0.5, 0.6) is 0 Å². The van der Waals surface area contributed by atoms with Gasteiger partial charge in [0.1, 0.15) is 5.82 Å². The van der Waals surface area contributed by atoms with Crippen LogP contribution < -0.4 is 12.4 Å². The molecule has 0 radical (unpaired) electrons. The summed E-state index contributed by atoms with van der Waals surface area (Å²) in [4.78, 5) is 19.4. The van der Waals surface area contributed by atoms with Crippen molar-refractivity contribution in [1.29, 1.82) is 0 Å². The van der Waals surface area contributed by atoms with Crippen molar-refractivity contribution in [3.05, 3.63) is 41.3 Å². The molecule has 2 aromatic heterocycles. The van der Waals surface area contributed by atoms with Crippen LogP contribution in [0.25, 0.3) is 21.7 Å². The van der Waals surface area contributed by atoms with Crippen molar-refractivity contribution >= 4 is 28.3 Å². The van der Waals surface area contributed by atoms with Crippen LogP contribution in [0.4, 0.5) is 0 Å². The molecule has 0 fully saturated rings. The zero-order valence-electron chi connectivity index (χ0n) is 9.05. The highest BCUT2D eigenvalue weighted by Crippen LogP contribution is 2.24. The highest BCUT2D eigenvalue weighted by molar-refractivity contribution is 7.13. The maximum atomic E-state index is 10.8. The number of H-pyrrole nitrogens is 1. The molecule has 0 saturated heterocycles. The summed E-state index contributed by atoms with van der Waals surface area (Å²) in [5.74, 6) is -0.156. The Labute approximate surface area is 113 Å². The minimum atomic E-state index is -0.931. The number of nitrogens with one attached hydrogen (secondary N) is 1. The lowest BCUT2D eigenvalue weighted by Gasteiger charge is -1.92. The third kappa shape index (κ3) is 2.10. The smallest absolute Gasteiger partial charge is 0.335 e. The molecule has 3 aromatic rings. The molecule has 2 N–H and O–H groups in total. The van der Waals surface area contributed by atoms with Gasteiger partial charge >= 0.3 is 5.97 Å². The number of carboxylic acid groups (broad SMARTS) is 1. The number of thiophene rings is 1. The number of halogens is 1. The monoisotopic (exact) mass is 279 g/mol. The average Bonchev–Trinajstić information content (AvgIpc) is 2.96. The maximum Gasteiger partial charge on any atom is 0.335 e. The van der Waals surface area contributed by atoms with Crippen LogP contribution >= 0.6 is 11.3 Å². The number of nitrogens with zero attached hydrogens (tertiary/aromatic N) is 1. The maximum absolute atomic E-state index is 10.8. The molecule has 0 aliphatic rings. The molecule has 0 unspecified atom stereocenters. The van der Waals surface area contributed by atoms with Crippen LogP contribution in [0.1, 0.15) is 10.4 Å². The zero-order valence-corrected chi connectivity index (χ0v) is 10.6. The summed E-state index contributed by atoms with van der Waals surface area (Å²) in [6, 6.07) is 8.80. The zero-order chi connectivity index (χ0) is 11.8. The lowest BCUT2D eigenvalue weighted by atomic mass is 10.2. The predicted octanol–water partition coefficient (Wildman–Crippen LogP) is -0.00640. The molecule has 1 aromatic carbocycles. The molecular formula is C12H8ClN2O2S-. The Balaban J connectivity index is 0.00000120. The molecular weight excluding hydrogens is 272 g/mol. The number of aromatic amines is 1. The van der Waals surface area contributed by atoms with Crippen LogP contribution in [0.2, 0.25) is 0 Å². The molecule has 4 nitrogen and oxygen atoms in total. The number of hydrogen-bond donors (Lipinski definition) is 2. The predicted molar refractivity (Wildman–Crippen MR) is 66.4 cm³/mol. The number of carbonyl (C=O) groups is 1. The molecule has 6 heteroatoms. The van der Waals surface area contributed by atoms with Gasteiger partial charge in [-0.2, -0.15) is 0 Å². The molecule has 0 atom stereocenters. The summed E-state index contributed by atoms with van der Waals surface area (Å²) in [5, 5.41) is 10.9. The standard InChI is InChI=1S/C12H8N2O2S.ClH/c15-12(16)7-3-4-8-9(6-7)14-11(13-8)10-2-1-5-17-10;/h1-6H,(H,13,14)(H,15,16);1H/p-1. The first-order chi connectivity index (χ1) is 8.24. The number of aromatic nitrogens is 2. The molecule has 0 aliphatic heterocycles. The number of imidazole rings is 1. The first-order valence-electron chi connectivity index (χ1n) is 5.01. The minimum Gasteiger partial charge on any atom is -1.00 e. The summed E-state index contributed by atoms with van der Waals surface area (Å²) in [6.07, 6.45) is 0. The van der Waals surface area contributed by atoms with Crippen LogP contribution in [0.15, 0.2) is 35.7 Å². The largest absolute Gasteiger partial charge is 1.00 e. The number of aromatic carboxylic acids is 1. The van der Waals surface area contributed by atoms with Crippen molar-refractivity contribution in [2.45, 2.75) is 0 Å². The third-order valence-electron chi connectivity index (χ3n) is 2.48. The number of benzene rings is 1. The van der Waals surface area contributed by atoms with Gasteiger partial charge in [0.25, 0.3) is 0 Å². The van der Waals surface area contributed by atoms with Crippen molar-refractivity contribution in [1.82, 2.24) is 9.97 Å². The first-order valence-corrected chi connectivity index (χ1v) is 5.89. The molecule has 2 heterocycles. The fourth-order valence-electron chi connectivity index (χ4n) is 1.67. The van der Waals surface area contributed by atoms with Crippen molar-refractivity contribution < 1.29 is 22.3 Å². The van der Waals surface area contributed by atoms with Gasteiger partial charge in [0, 0.05) is 0 Å². The molecule has 3 rings (SSSR count). The van der Waals surface area contributed by atoms with E-state index in [0.29, 0.717) is 0 Å². The lowest BCUT2D eigenvalue weighted by Crippen LogP contribution is -3.00. The van der Waals surface area contributed by atoms with E-state index in [1.165, 1.54) is 0 Å². The van der Waals surface area contributed by atoms with E-state index in [1.807, 2.05) is 17.5 Å². The van der Waals surface area contributed by atoms with Crippen molar-refractivity contribution in [2.24, 2.45) is 0 Å². The molecule has 0 amide bonds. The van der Waals surface area contributed by atoms with E-state index >= 15 is 0 Å². The molecule has 0 bridgehead atoms. The summed E-state index contributed by atoms with van der Waals surface area (Å²) in [7, 11) is 0. The van der Waals surface area contributed by atoms with E-state index in [0.717, 1.165) is 21.7 Å². The van der Waals surface area contributed by atoms with Crippen LogP contribution in [0.3, 0.4) is 0 Å². The van der Waals surface area contributed by atoms with Gasteiger partial charge in [0.15, 0.2) is 0 Å². The Morgan fingerprint density at radius 3 is 2.83 bits per heavy atom. The molecule has 92 valence electrons. The van der Waals surface area contributed by atoms with Crippen LogP contribution in [-0.2, 0) is 0 Å². The van der Waals surface area contributed by atoms with E-state index in [9.17, 15) is 4.79 Å². The van der Waals surface area contributed by atoms with Gasteiger partial charge in [-0.1, -0.05) is 6.07 Å². The number of rotatable bonds is 2. The normalized spacial score (nSPS) is 10.2. The van der Waals surface area contributed by atoms with E-state index < -0.39 is 5.97 Å². The topological polar surface area (TPSA) is 66.0 Å². The SMILES string of the molecule is O=C(O)c1ccc2nc(-c3cccs3)[nH]c2c1.[Cl-]. The molecule has 18 heavy (non-hydrogen) atoms. The Morgan fingerprint density at radius 1 is 1.33 bits per heavy atom. The van der Waals surface area contributed by atoms with Gasteiger partial charge in [-0.25, -0.2) is 9.78 Å². The summed E-state index contributed by atoms with van der Waals surface area (Å²) >= 11 is 1.59. The third-order valence-corrected chi connectivity index (χ3v) is 3.36. The Hall–Kier alpha value is -1.85. The van der Waals surface area contributed by atoms with Gasteiger partial charge in [-0.15, -0.1) is 11.3 Å². The Morgan fingerprint density at radius 2 is 2.17 bits per heavy atom. The number of carboxylic acids is 1. The van der Waals surface area contributed by atoms with Crippen molar-refractivity contribution in [3.63, 3.8) is 0 Å². The van der Waals surface area contributed by atoms with Gasteiger partial charge < -0.3 is 22.5 Å². The highest BCUT2D eigenvalue weighted by atomic mass is 35.5. The van der Waals surface area contributed by atoms with Crippen molar-refractivity contribution in [3.8, 4) is 10.7 Å². The summed E-state index contributed by atoms with van der Waals surface area (Å²) in [5.41, 5.74) is 1.78. The van der Waals surface area contributed by atoms with E-state index in [1.54, 1.807) is 29.5 Å². The second kappa shape index (κ2) is 4.80. The van der Waals surface area contributed by atoms with E-state index in [-0.39, 0.29) is 18.0 Å². The van der Waals surface area contributed by atoms with Gasteiger partial charge in [0.2, 0.25) is 0 Å².